The van der Waals surface area contributed by atoms with Crippen LogP contribution in [0.2, 0.25) is 0 Å². The smallest absolute Gasteiger partial charge is 0.326 e. The topological polar surface area (TPSA) is 301 Å². The second-order valence-electron chi connectivity index (χ2n) is 8.88. The molecule has 210 valence electrons. The van der Waals surface area contributed by atoms with Gasteiger partial charge in [-0.15, -0.1) is 0 Å². The number of guanidine groups is 1. The number of hydrogen-bond donors (Lipinski definition) is 9. The van der Waals surface area contributed by atoms with Gasteiger partial charge in [-0.25, -0.2) is 4.79 Å². The van der Waals surface area contributed by atoms with Crippen molar-refractivity contribution in [3.05, 3.63) is 0 Å². The number of aliphatic imine (C=N–C) groups is 1. The van der Waals surface area contributed by atoms with Crippen LogP contribution in [0.4, 0.5) is 0 Å². The maximum atomic E-state index is 13.0. The predicted octanol–water partition coefficient (Wildman–Crippen LogP) is -3.91. The molecular formula is C21H39N9O7. The van der Waals surface area contributed by atoms with Crippen molar-refractivity contribution < 1.29 is 33.9 Å². The summed E-state index contributed by atoms with van der Waals surface area (Å²) in [5.74, 6) is -5.57. The average Bonchev–Trinajstić information content (AvgIpc) is 2.76. The summed E-state index contributed by atoms with van der Waals surface area (Å²) in [5.41, 5.74) is 26.3. The lowest BCUT2D eigenvalue weighted by molar-refractivity contribution is -0.142. The van der Waals surface area contributed by atoms with Crippen molar-refractivity contribution in [2.75, 3.05) is 6.54 Å². The number of carboxylic acids is 1. The van der Waals surface area contributed by atoms with Crippen LogP contribution in [0.15, 0.2) is 4.99 Å². The van der Waals surface area contributed by atoms with Gasteiger partial charge in [0, 0.05) is 13.0 Å². The van der Waals surface area contributed by atoms with Crippen molar-refractivity contribution >= 4 is 41.5 Å². The van der Waals surface area contributed by atoms with E-state index in [0.29, 0.717) is 0 Å². The molecule has 4 atom stereocenters. The van der Waals surface area contributed by atoms with E-state index in [0.717, 1.165) is 0 Å². The number of amides is 5. The molecule has 5 amide bonds. The fraction of sp³-hybridized carbons (Fsp3) is 0.667. The highest BCUT2D eigenvalue weighted by Gasteiger charge is 2.31. The molecule has 0 spiro atoms. The van der Waals surface area contributed by atoms with Gasteiger partial charge in [0.05, 0.1) is 12.5 Å². The molecule has 16 heteroatoms. The van der Waals surface area contributed by atoms with E-state index in [4.69, 9.17) is 28.7 Å². The van der Waals surface area contributed by atoms with Crippen molar-refractivity contribution in [2.24, 2.45) is 39.6 Å². The minimum absolute atomic E-state index is 0.0158. The third-order valence-corrected chi connectivity index (χ3v) is 4.97. The van der Waals surface area contributed by atoms with Gasteiger partial charge in [-0.1, -0.05) is 13.8 Å². The molecule has 0 aliphatic heterocycles. The van der Waals surface area contributed by atoms with Crippen LogP contribution < -0.4 is 44.6 Å². The average molecular weight is 530 g/mol. The molecule has 0 saturated carbocycles. The van der Waals surface area contributed by atoms with Gasteiger partial charge in [0.15, 0.2) is 5.96 Å². The summed E-state index contributed by atoms with van der Waals surface area (Å²) in [5, 5.41) is 16.6. The van der Waals surface area contributed by atoms with Gasteiger partial charge in [-0.05, 0) is 31.6 Å². The molecule has 0 heterocycles. The van der Waals surface area contributed by atoms with Gasteiger partial charge >= 0.3 is 5.97 Å². The van der Waals surface area contributed by atoms with E-state index in [1.165, 1.54) is 0 Å². The lowest BCUT2D eigenvalue weighted by atomic mass is 10.0. The summed E-state index contributed by atoms with van der Waals surface area (Å²) in [4.78, 5) is 75.9. The minimum Gasteiger partial charge on any atom is -0.480 e. The Balaban J connectivity index is 5.56. The number of aliphatic carboxylic acids is 1. The van der Waals surface area contributed by atoms with Gasteiger partial charge in [0.25, 0.3) is 0 Å². The summed E-state index contributed by atoms with van der Waals surface area (Å²) >= 11 is 0. The maximum absolute atomic E-state index is 13.0. The number of carbonyl (C=O) groups excluding carboxylic acids is 5. The van der Waals surface area contributed by atoms with Gasteiger partial charge in [0.2, 0.25) is 29.5 Å². The summed E-state index contributed by atoms with van der Waals surface area (Å²) in [6.07, 6.45) is -0.583. The highest BCUT2D eigenvalue weighted by molar-refractivity contribution is 5.95. The van der Waals surface area contributed by atoms with E-state index in [1.807, 2.05) is 0 Å². The van der Waals surface area contributed by atoms with Crippen LogP contribution in [0.5, 0.6) is 0 Å². The van der Waals surface area contributed by atoms with Crippen molar-refractivity contribution in [3.63, 3.8) is 0 Å². The van der Waals surface area contributed by atoms with Gasteiger partial charge in [-0.2, -0.15) is 0 Å². The molecule has 0 bridgehead atoms. The number of primary amides is 2. The molecule has 0 aromatic rings. The fourth-order valence-electron chi connectivity index (χ4n) is 3.15. The number of rotatable bonds is 18. The molecule has 0 rings (SSSR count). The molecular weight excluding hydrogens is 490 g/mol. The molecule has 16 nitrogen and oxygen atoms in total. The first-order valence-electron chi connectivity index (χ1n) is 11.6. The van der Waals surface area contributed by atoms with E-state index in [2.05, 4.69) is 20.9 Å². The largest absolute Gasteiger partial charge is 0.480 e. The van der Waals surface area contributed by atoms with E-state index in [1.54, 1.807) is 13.8 Å². The number of hydrogen-bond acceptors (Lipinski definition) is 8. The summed E-state index contributed by atoms with van der Waals surface area (Å²) < 4.78 is 0. The lowest BCUT2D eigenvalue weighted by Gasteiger charge is -2.26. The van der Waals surface area contributed by atoms with E-state index >= 15 is 0 Å². The van der Waals surface area contributed by atoms with Crippen LogP contribution in [0.25, 0.3) is 0 Å². The predicted molar refractivity (Wildman–Crippen MR) is 133 cm³/mol. The molecule has 0 aromatic carbocycles. The van der Waals surface area contributed by atoms with Gasteiger partial charge in [-0.3, -0.25) is 29.0 Å². The minimum atomic E-state index is -1.34. The summed E-state index contributed by atoms with van der Waals surface area (Å²) in [6, 6.07) is -5.10. The van der Waals surface area contributed by atoms with Gasteiger partial charge < -0.3 is 49.7 Å². The Morgan fingerprint density at radius 2 is 1.32 bits per heavy atom. The zero-order valence-corrected chi connectivity index (χ0v) is 21.1. The van der Waals surface area contributed by atoms with E-state index in [-0.39, 0.29) is 50.5 Å². The summed E-state index contributed by atoms with van der Waals surface area (Å²) in [6.45, 7) is 3.71. The molecule has 0 aliphatic carbocycles. The van der Waals surface area contributed by atoms with Crippen molar-refractivity contribution in [1.29, 1.82) is 0 Å². The fourth-order valence-corrected chi connectivity index (χ4v) is 3.15. The SMILES string of the molecule is CC(C)CC(NC(=O)C(N)CC(N)=O)C(=O)NC(CCC(N)=O)C(=O)NC(CCCN=C(N)N)C(=O)O. The van der Waals surface area contributed by atoms with E-state index < -0.39 is 66.1 Å². The Hall–Kier alpha value is -3.95. The van der Waals surface area contributed by atoms with Crippen LogP contribution in [-0.4, -0.2) is 77.3 Å². The lowest BCUT2D eigenvalue weighted by Crippen LogP contribution is -2.57. The van der Waals surface area contributed by atoms with E-state index in [9.17, 15) is 33.9 Å². The zero-order valence-electron chi connectivity index (χ0n) is 21.1. The van der Waals surface area contributed by atoms with Crippen molar-refractivity contribution in [1.82, 2.24) is 16.0 Å². The highest BCUT2D eigenvalue weighted by atomic mass is 16.4. The molecule has 0 aromatic heterocycles. The van der Waals surface area contributed by atoms with Gasteiger partial charge in [0.1, 0.15) is 18.1 Å². The number of nitrogens with two attached hydrogens (primary N) is 5. The normalized spacial score (nSPS) is 13.9. The Bertz CT molecular complexity index is 859. The number of nitrogens with zero attached hydrogens (tertiary/aromatic N) is 1. The molecule has 0 saturated heterocycles. The first-order valence-corrected chi connectivity index (χ1v) is 11.6. The van der Waals surface area contributed by atoms with Crippen LogP contribution in [0, 0.1) is 5.92 Å². The number of nitrogens with one attached hydrogen (secondary N) is 3. The Labute approximate surface area is 214 Å². The second-order valence-corrected chi connectivity index (χ2v) is 8.88. The van der Waals surface area contributed by atoms with Crippen LogP contribution >= 0.6 is 0 Å². The Kier molecular flexibility index (Phi) is 14.9. The monoisotopic (exact) mass is 529 g/mol. The first kappa shape index (κ1) is 33.0. The quantitative estimate of drug-likeness (QED) is 0.0472. The molecule has 14 N–H and O–H groups in total. The zero-order chi connectivity index (χ0) is 28.7. The highest BCUT2D eigenvalue weighted by Crippen LogP contribution is 2.08. The third kappa shape index (κ3) is 14.9. The first-order chi connectivity index (χ1) is 17.1. The van der Waals surface area contributed by atoms with Crippen molar-refractivity contribution in [3.8, 4) is 0 Å². The molecule has 37 heavy (non-hydrogen) atoms. The summed E-state index contributed by atoms with van der Waals surface area (Å²) in [7, 11) is 0. The Morgan fingerprint density at radius 1 is 0.784 bits per heavy atom. The number of carbonyl (C=O) groups is 6. The van der Waals surface area contributed by atoms with Crippen LogP contribution in [-0.2, 0) is 28.8 Å². The molecule has 0 fully saturated rings. The maximum Gasteiger partial charge on any atom is 0.326 e. The van der Waals surface area contributed by atoms with Crippen LogP contribution in [0.1, 0.15) is 52.4 Å². The number of carboxylic acid groups (broad SMARTS) is 1. The molecule has 4 unspecified atom stereocenters. The van der Waals surface area contributed by atoms with Crippen LogP contribution in [0.3, 0.4) is 0 Å². The standard InChI is InChI=1S/C21H39N9O7/c1-10(2)8-14(30-17(33)11(22)9-16(24)32)19(35)28-12(5-6-15(23)31)18(34)29-13(20(36)37)4-3-7-27-21(25)26/h10-14H,3-9,22H2,1-2H3,(H2,23,31)(H2,24,32)(H,28,35)(H,29,34)(H,30,33)(H,36,37)(H4,25,26,27). The molecule has 0 radical (unpaired) electrons. The second kappa shape index (κ2) is 16.7. The molecule has 0 aliphatic rings. The Morgan fingerprint density at radius 3 is 1.81 bits per heavy atom. The van der Waals surface area contributed by atoms with Crippen molar-refractivity contribution in [2.45, 2.75) is 76.5 Å². The third-order valence-electron chi connectivity index (χ3n) is 4.97.